The number of anilines is 1. The van der Waals surface area contributed by atoms with Crippen LogP contribution in [-0.2, 0) is 6.42 Å². The molecule has 92 valence electrons. The fraction of sp³-hybridized carbons (Fsp3) is 0.846. The molecule has 4 aliphatic carbocycles. The van der Waals surface area contributed by atoms with Crippen LogP contribution in [0.15, 0.2) is 4.63 Å². The molecular formula is C13H19N3O. The third kappa shape index (κ3) is 1.49. The summed E-state index contributed by atoms with van der Waals surface area (Å²) in [5.41, 5.74) is 6.67. The second-order valence-electron chi connectivity index (χ2n) is 6.39. The minimum absolute atomic E-state index is 0.499. The van der Waals surface area contributed by atoms with Gasteiger partial charge in [-0.2, -0.15) is 0 Å². The molecule has 0 saturated heterocycles. The molecule has 4 nitrogen and oxygen atoms in total. The Hall–Kier alpha value is -1.06. The van der Waals surface area contributed by atoms with Gasteiger partial charge >= 0.3 is 0 Å². The van der Waals surface area contributed by atoms with Crippen LogP contribution >= 0.6 is 0 Å². The number of hydrogen-bond acceptors (Lipinski definition) is 4. The molecule has 0 unspecified atom stereocenters. The topological polar surface area (TPSA) is 64.9 Å². The lowest BCUT2D eigenvalue weighted by Crippen LogP contribution is -2.45. The Morgan fingerprint density at radius 2 is 1.65 bits per heavy atom. The van der Waals surface area contributed by atoms with Gasteiger partial charge in [0, 0.05) is 6.42 Å². The van der Waals surface area contributed by atoms with Gasteiger partial charge in [-0.25, -0.2) is 4.63 Å². The first kappa shape index (κ1) is 9.92. The van der Waals surface area contributed by atoms with Gasteiger partial charge in [0.25, 0.3) is 0 Å². The van der Waals surface area contributed by atoms with Crippen LogP contribution in [0.1, 0.15) is 37.8 Å². The van der Waals surface area contributed by atoms with Crippen LogP contribution in [0.4, 0.5) is 5.82 Å². The highest BCUT2D eigenvalue weighted by Crippen LogP contribution is 2.57. The van der Waals surface area contributed by atoms with Gasteiger partial charge in [0.1, 0.15) is 5.69 Å². The summed E-state index contributed by atoms with van der Waals surface area (Å²) in [6, 6.07) is 0. The van der Waals surface area contributed by atoms with E-state index in [-0.39, 0.29) is 0 Å². The van der Waals surface area contributed by atoms with Gasteiger partial charge in [-0.15, -0.1) is 0 Å². The lowest BCUT2D eigenvalue weighted by molar-refractivity contribution is -0.0365. The van der Waals surface area contributed by atoms with Crippen molar-refractivity contribution in [2.75, 3.05) is 5.73 Å². The Balaban J connectivity index is 1.57. The van der Waals surface area contributed by atoms with E-state index in [2.05, 4.69) is 10.3 Å². The van der Waals surface area contributed by atoms with Gasteiger partial charge in [0.15, 0.2) is 5.82 Å². The van der Waals surface area contributed by atoms with E-state index in [1.165, 1.54) is 32.1 Å². The largest absolute Gasteiger partial charge is 0.379 e. The van der Waals surface area contributed by atoms with Gasteiger partial charge < -0.3 is 5.73 Å². The molecule has 1 heterocycles. The standard InChI is InChI=1S/C13H19N3O/c14-13-12(15-17-16-13)6-11-9-2-7-1-8(4-9)5-10(11)3-7/h7-11H,1-6H2,(H2,14,16). The lowest BCUT2D eigenvalue weighted by Gasteiger charge is -2.54. The fourth-order valence-electron chi connectivity index (χ4n) is 4.95. The van der Waals surface area contributed by atoms with Crippen LogP contribution in [-0.4, -0.2) is 10.3 Å². The fourth-order valence-corrected chi connectivity index (χ4v) is 4.95. The summed E-state index contributed by atoms with van der Waals surface area (Å²) in [5, 5.41) is 7.65. The monoisotopic (exact) mass is 233 g/mol. The summed E-state index contributed by atoms with van der Waals surface area (Å²) in [6.07, 6.45) is 8.29. The van der Waals surface area contributed by atoms with Crippen molar-refractivity contribution in [3.8, 4) is 0 Å². The van der Waals surface area contributed by atoms with E-state index in [1.54, 1.807) is 0 Å². The van der Waals surface area contributed by atoms with Gasteiger partial charge in [-0.3, -0.25) is 0 Å². The van der Waals surface area contributed by atoms with Gasteiger partial charge in [-0.1, -0.05) is 5.16 Å². The van der Waals surface area contributed by atoms with Crippen LogP contribution in [0.3, 0.4) is 0 Å². The number of nitrogens with two attached hydrogens (primary N) is 1. The molecule has 0 aliphatic heterocycles. The molecule has 1 aromatic rings. The summed E-state index contributed by atoms with van der Waals surface area (Å²) in [5.74, 6) is 5.18. The Kier molecular flexibility index (Phi) is 2.02. The number of hydrogen-bond donors (Lipinski definition) is 1. The van der Waals surface area contributed by atoms with Crippen molar-refractivity contribution in [3.63, 3.8) is 0 Å². The molecule has 2 N–H and O–H groups in total. The third-order valence-corrected chi connectivity index (χ3v) is 5.44. The molecule has 0 atom stereocenters. The van der Waals surface area contributed by atoms with Crippen molar-refractivity contribution in [3.05, 3.63) is 5.69 Å². The zero-order chi connectivity index (χ0) is 11.4. The van der Waals surface area contributed by atoms with Gasteiger partial charge in [-0.05, 0) is 66.9 Å². The number of rotatable bonds is 2. The molecule has 17 heavy (non-hydrogen) atoms. The minimum atomic E-state index is 0.499. The molecule has 1 aromatic heterocycles. The molecule has 0 spiro atoms. The van der Waals surface area contributed by atoms with Crippen LogP contribution in [0.5, 0.6) is 0 Å². The van der Waals surface area contributed by atoms with E-state index >= 15 is 0 Å². The Labute approximate surface area is 101 Å². The SMILES string of the molecule is Nc1nonc1CC1C2CC3CC(C2)CC1C3. The summed E-state index contributed by atoms with van der Waals surface area (Å²) in [7, 11) is 0. The normalized spacial score (nSPS) is 43.2. The predicted octanol–water partition coefficient (Wildman–Crippen LogP) is 2.27. The van der Waals surface area contributed by atoms with Crippen LogP contribution in [0, 0.1) is 29.6 Å². The molecule has 5 rings (SSSR count). The van der Waals surface area contributed by atoms with Crippen molar-refractivity contribution in [1.82, 2.24) is 10.3 Å². The third-order valence-electron chi connectivity index (χ3n) is 5.44. The Morgan fingerprint density at radius 1 is 1.00 bits per heavy atom. The number of nitrogen functional groups attached to an aromatic ring is 1. The maximum atomic E-state index is 5.78. The van der Waals surface area contributed by atoms with Crippen molar-refractivity contribution < 1.29 is 4.63 Å². The lowest BCUT2D eigenvalue weighted by atomic mass is 9.51. The average molecular weight is 233 g/mol. The van der Waals surface area contributed by atoms with E-state index in [0.717, 1.165) is 41.7 Å². The summed E-state index contributed by atoms with van der Waals surface area (Å²) in [6.45, 7) is 0. The molecule has 4 bridgehead atoms. The highest BCUT2D eigenvalue weighted by atomic mass is 16.6. The van der Waals surface area contributed by atoms with Crippen molar-refractivity contribution >= 4 is 5.82 Å². The molecule has 0 amide bonds. The molecule has 4 heteroatoms. The molecule has 0 aromatic carbocycles. The Bertz CT molecular complexity index is 400. The minimum Gasteiger partial charge on any atom is -0.379 e. The zero-order valence-corrected chi connectivity index (χ0v) is 10.0. The van der Waals surface area contributed by atoms with E-state index in [1.807, 2.05) is 0 Å². The van der Waals surface area contributed by atoms with Gasteiger partial charge in [0.05, 0.1) is 0 Å². The van der Waals surface area contributed by atoms with Crippen molar-refractivity contribution in [2.45, 2.75) is 38.5 Å². The van der Waals surface area contributed by atoms with E-state index in [9.17, 15) is 0 Å². The maximum Gasteiger partial charge on any atom is 0.191 e. The summed E-state index contributed by atoms with van der Waals surface area (Å²) < 4.78 is 4.71. The predicted molar refractivity (Wildman–Crippen MR) is 62.9 cm³/mol. The smallest absolute Gasteiger partial charge is 0.191 e. The first-order valence-electron chi connectivity index (χ1n) is 6.86. The van der Waals surface area contributed by atoms with E-state index in [4.69, 9.17) is 10.4 Å². The number of aromatic nitrogens is 2. The number of nitrogens with zero attached hydrogens (tertiary/aromatic N) is 2. The maximum absolute atomic E-state index is 5.78. The molecule has 0 radical (unpaired) electrons. The van der Waals surface area contributed by atoms with Crippen LogP contribution in [0.2, 0.25) is 0 Å². The highest BCUT2D eigenvalue weighted by Gasteiger charge is 2.48. The summed E-state index contributed by atoms with van der Waals surface area (Å²) >= 11 is 0. The quantitative estimate of drug-likeness (QED) is 0.851. The van der Waals surface area contributed by atoms with E-state index < -0.39 is 0 Å². The summed E-state index contributed by atoms with van der Waals surface area (Å²) in [4.78, 5) is 0. The van der Waals surface area contributed by atoms with Crippen molar-refractivity contribution in [1.29, 1.82) is 0 Å². The first-order valence-corrected chi connectivity index (χ1v) is 6.86. The Morgan fingerprint density at radius 3 is 2.18 bits per heavy atom. The molecule has 4 fully saturated rings. The van der Waals surface area contributed by atoms with Crippen LogP contribution in [0.25, 0.3) is 0 Å². The van der Waals surface area contributed by atoms with Crippen molar-refractivity contribution in [2.24, 2.45) is 29.6 Å². The zero-order valence-electron chi connectivity index (χ0n) is 10.0. The second-order valence-corrected chi connectivity index (χ2v) is 6.39. The molecule has 4 aliphatic rings. The van der Waals surface area contributed by atoms with Gasteiger partial charge in [0.2, 0.25) is 0 Å². The molecular weight excluding hydrogens is 214 g/mol. The highest BCUT2D eigenvalue weighted by molar-refractivity contribution is 5.31. The second kappa shape index (κ2) is 3.47. The average Bonchev–Trinajstić information content (AvgIpc) is 2.68. The van der Waals surface area contributed by atoms with Crippen LogP contribution < -0.4 is 5.73 Å². The van der Waals surface area contributed by atoms with E-state index in [0.29, 0.717) is 5.82 Å². The first-order chi connectivity index (χ1) is 8.29. The molecule has 4 saturated carbocycles.